The predicted octanol–water partition coefficient (Wildman–Crippen LogP) is 4.33. The lowest BCUT2D eigenvalue weighted by Gasteiger charge is -2.36. The number of thiocarbonyl (C=S) groups is 1. The summed E-state index contributed by atoms with van der Waals surface area (Å²) < 4.78 is 6.44. The topological polar surface area (TPSA) is 33.3 Å². The first-order valence-electron chi connectivity index (χ1n) is 7.89. The number of ether oxygens (including phenoxy) is 1. The molecule has 2 N–H and O–H groups in total. The molecular weight excluding hydrogens is 384 g/mol. The van der Waals surface area contributed by atoms with Crippen molar-refractivity contribution in [3.05, 3.63) is 69.2 Å². The maximum atomic E-state index is 5.46. The number of hydrogen-bond donors (Lipinski definition) is 2. The Hall–Kier alpha value is -1.85. The van der Waals surface area contributed by atoms with Gasteiger partial charge in [-0.15, -0.1) is 0 Å². The molecule has 1 unspecified atom stereocenters. The molecule has 2 aromatic carbocycles. The van der Waals surface area contributed by atoms with E-state index in [0.717, 1.165) is 28.8 Å². The molecule has 1 heterocycles. The lowest BCUT2D eigenvalue weighted by Crippen LogP contribution is -2.44. The molecule has 2 aliphatic rings. The van der Waals surface area contributed by atoms with Crippen LogP contribution in [0.3, 0.4) is 0 Å². The predicted molar refractivity (Wildman–Crippen MR) is 104 cm³/mol. The Morgan fingerprint density at radius 3 is 2.67 bits per heavy atom. The van der Waals surface area contributed by atoms with Crippen LogP contribution in [0.5, 0.6) is 5.75 Å². The molecule has 0 bridgehead atoms. The Bertz CT molecular complexity index is 845. The summed E-state index contributed by atoms with van der Waals surface area (Å²) in [7, 11) is 1.71. The van der Waals surface area contributed by atoms with Crippen molar-refractivity contribution >= 4 is 39.0 Å². The van der Waals surface area contributed by atoms with E-state index in [1.807, 2.05) is 6.07 Å². The number of rotatable bonds is 2. The van der Waals surface area contributed by atoms with Crippen LogP contribution in [-0.2, 0) is 6.42 Å². The number of benzene rings is 2. The Labute approximate surface area is 155 Å². The van der Waals surface area contributed by atoms with Crippen molar-refractivity contribution in [3.8, 4) is 5.75 Å². The molecule has 1 aliphatic heterocycles. The third-order valence-corrected chi connectivity index (χ3v) is 5.38. The summed E-state index contributed by atoms with van der Waals surface area (Å²) in [5.41, 5.74) is 6.27. The van der Waals surface area contributed by atoms with Crippen LogP contribution in [0.25, 0.3) is 5.70 Å². The highest BCUT2D eigenvalue weighted by Gasteiger charge is 2.30. The highest BCUT2D eigenvalue weighted by atomic mass is 79.9. The zero-order chi connectivity index (χ0) is 16.7. The third-order valence-electron chi connectivity index (χ3n) is 4.63. The van der Waals surface area contributed by atoms with Gasteiger partial charge in [-0.3, -0.25) is 0 Å². The van der Waals surface area contributed by atoms with Gasteiger partial charge in [-0.25, -0.2) is 0 Å². The normalized spacial score (nSPS) is 19.1. The van der Waals surface area contributed by atoms with E-state index >= 15 is 0 Å². The molecule has 4 rings (SSSR count). The van der Waals surface area contributed by atoms with Crippen molar-refractivity contribution < 1.29 is 4.74 Å². The second-order valence-electron chi connectivity index (χ2n) is 6.01. The van der Waals surface area contributed by atoms with Crippen LogP contribution in [0.15, 0.2) is 52.5 Å². The minimum atomic E-state index is 0.122. The molecular formula is C19H17BrN2OS. The van der Waals surface area contributed by atoms with Crippen molar-refractivity contribution in [2.75, 3.05) is 7.11 Å². The van der Waals surface area contributed by atoms with E-state index < -0.39 is 0 Å². The fourth-order valence-corrected chi connectivity index (χ4v) is 3.94. The first-order valence-corrected chi connectivity index (χ1v) is 9.09. The molecule has 0 fully saturated rings. The van der Waals surface area contributed by atoms with E-state index in [-0.39, 0.29) is 6.04 Å². The first-order chi connectivity index (χ1) is 11.7. The summed E-state index contributed by atoms with van der Waals surface area (Å²) >= 11 is 8.97. The minimum absolute atomic E-state index is 0.122. The smallest absolute Gasteiger partial charge is 0.171 e. The van der Waals surface area contributed by atoms with E-state index in [4.69, 9.17) is 17.0 Å². The SMILES string of the molecule is COc1ccc2c(c1)CCC1=C2NC(=S)NC1c1ccc(Br)cc1. The van der Waals surface area contributed by atoms with Crippen LogP contribution >= 0.6 is 28.1 Å². The van der Waals surface area contributed by atoms with Gasteiger partial charge < -0.3 is 15.4 Å². The Kier molecular flexibility index (Phi) is 4.06. The van der Waals surface area contributed by atoms with Gasteiger partial charge in [-0.2, -0.15) is 0 Å². The quantitative estimate of drug-likeness (QED) is 0.734. The second kappa shape index (κ2) is 6.22. The molecule has 0 saturated heterocycles. The Morgan fingerprint density at radius 2 is 1.92 bits per heavy atom. The van der Waals surface area contributed by atoms with Gasteiger partial charge in [0.15, 0.2) is 5.11 Å². The summed E-state index contributed by atoms with van der Waals surface area (Å²) in [6, 6.07) is 14.8. The lowest BCUT2D eigenvalue weighted by molar-refractivity contribution is 0.414. The fourth-order valence-electron chi connectivity index (χ4n) is 3.46. The third kappa shape index (κ3) is 2.72. The van der Waals surface area contributed by atoms with E-state index in [0.29, 0.717) is 5.11 Å². The van der Waals surface area contributed by atoms with Gasteiger partial charge >= 0.3 is 0 Å². The Morgan fingerprint density at radius 1 is 1.12 bits per heavy atom. The second-order valence-corrected chi connectivity index (χ2v) is 7.33. The number of nitrogens with one attached hydrogen (secondary N) is 2. The molecule has 3 nitrogen and oxygen atoms in total. The van der Waals surface area contributed by atoms with Gasteiger partial charge in [-0.05, 0) is 72.1 Å². The standard InChI is InChI=1S/C19H17BrN2OS/c1-23-14-7-9-15-12(10-14)4-8-16-17(21-19(24)22-18(15)16)11-2-5-13(20)6-3-11/h2-3,5-7,9-10,17H,4,8H2,1H3,(H2,21,22,24). The maximum absolute atomic E-state index is 5.46. The average molecular weight is 401 g/mol. The number of halogens is 1. The van der Waals surface area contributed by atoms with Gasteiger partial charge in [0.2, 0.25) is 0 Å². The summed E-state index contributed by atoms with van der Waals surface area (Å²) in [5, 5.41) is 7.47. The van der Waals surface area contributed by atoms with Crippen molar-refractivity contribution in [1.29, 1.82) is 0 Å². The van der Waals surface area contributed by atoms with Gasteiger partial charge in [0.05, 0.1) is 13.2 Å². The van der Waals surface area contributed by atoms with Gasteiger partial charge in [0, 0.05) is 15.7 Å². The summed E-state index contributed by atoms with van der Waals surface area (Å²) in [4.78, 5) is 0. The monoisotopic (exact) mass is 400 g/mol. The summed E-state index contributed by atoms with van der Waals surface area (Å²) in [6.07, 6.45) is 2.01. The highest BCUT2D eigenvalue weighted by Crippen LogP contribution is 2.39. The highest BCUT2D eigenvalue weighted by molar-refractivity contribution is 9.10. The number of aryl methyl sites for hydroxylation is 1. The van der Waals surface area contributed by atoms with Crippen LogP contribution in [0, 0.1) is 0 Å². The van der Waals surface area contributed by atoms with Crippen molar-refractivity contribution in [3.63, 3.8) is 0 Å². The zero-order valence-corrected chi connectivity index (χ0v) is 15.6. The van der Waals surface area contributed by atoms with Crippen molar-refractivity contribution in [2.45, 2.75) is 18.9 Å². The molecule has 0 amide bonds. The zero-order valence-electron chi connectivity index (χ0n) is 13.2. The van der Waals surface area contributed by atoms with Crippen LogP contribution in [-0.4, -0.2) is 12.2 Å². The van der Waals surface area contributed by atoms with Gasteiger partial charge in [0.25, 0.3) is 0 Å². The molecule has 24 heavy (non-hydrogen) atoms. The lowest BCUT2D eigenvalue weighted by atomic mass is 9.83. The van der Waals surface area contributed by atoms with Crippen molar-refractivity contribution in [2.24, 2.45) is 0 Å². The van der Waals surface area contributed by atoms with Crippen LogP contribution in [0.2, 0.25) is 0 Å². The van der Waals surface area contributed by atoms with E-state index in [9.17, 15) is 0 Å². The van der Waals surface area contributed by atoms with Gasteiger partial charge in [0.1, 0.15) is 5.75 Å². The van der Waals surface area contributed by atoms with Gasteiger partial charge in [-0.1, -0.05) is 28.1 Å². The molecule has 0 aromatic heterocycles. The number of fused-ring (bicyclic) bond motifs is 2. The van der Waals surface area contributed by atoms with E-state index in [1.54, 1.807) is 7.11 Å². The summed E-state index contributed by atoms with van der Waals surface area (Å²) in [5.74, 6) is 0.902. The van der Waals surface area contributed by atoms with Crippen LogP contribution in [0.4, 0.5) is 0 Å². The minimum Gasteiger partial charge on any atom is -0.497 e. The van der Waals surface area contributed by atoms with Crippen LogP contribution in [0.1, 0.15) is 29.2 Å². The average Bonchev–Trinajstić information content (AvgIpc) is 2.61. The Balaban J connectivity index is 1.81. The van der Waals surface area contributed by atoms with E-state index in [2.05, 4.69) is 63.0 Å². The molecule has 1 aliphatic carbocycles. The van der Waals surface area contributed by atoms with Crippen molar-refractivity contribution in [1.82, 2.24) is 10.6 Å². The number of methoxy groups -OCH3 is 1. The fraction of sp³-hybridized carbons (Fsp3) is 0.211. The molecule has 0 saturated carbocycles. The first kappa shape index (κ1) is 15.7. The molecule has 5 heteroatoms. The summed E-state index contributed by atoms with van der Waals surface area (Å²) in [6.45, 7) is 0. The molecule has 1 atom stereocenters. The maximum Gasteiger partial charge on any atom is 0.171 e. The van der Waals surface area contributed by atoms with E-state index in [1.165, 1.54) is 22.3 Å². The molecule has 0 radical (unpaired) electrons. The largest absolute Gasteiger partial charge is 0.497 e. The number of hydrogen-bond acceptors (Lipinski definition) is 2. The molecule has 2 aromatic rings. The molecule has 122 valence electrons. The van der Waals surface area contributed by atoms with Crippen LogP contribution < -0.4 is 15.4 Å². The molecule has 0 spiro atoms.